The quantitative estimate of drug-likeness (QED) is 0.854. The van der Waals surface area contributed by atoms with Crippen LogP contribution in [0.3, 0.4) is 0 Å². The zero-order chi connectivity index (χ0) is 13.0. The molecule has 1 amide bonds. The van der Waals surface area contributed by atoms with Crippen molar-refractivity contribution in [3.05, 3.63) is 42.5 Å². The van der Waals surface area contributed by atoms with Crippen molar-refractivity contribution in [3.63, 3.8) is 0 Å². The number of nitrogens with two attached hydrogens (primary N) is 1. The number of nitrogens with zero attached hydrogens (tertiary/aromatic N) is 2. The van der Waals surface area contributed by atoms with Crippen LogP contribution in [0.1, 0.15) is 6.92 Å². The number of primary amides is 1. The van der Waals surface area contributed by atoms with E-state index in [1.54, 1.807) is 6.92 Å². The Morgan fingerprint density at radius 1 is 1.17 bits per heavy atom. The molecule has 2 aromatic rings. The maximum absolute atomic E-state index is 10.9. The van der Waals surface area contributed by atoms with Gasteiger partial charge in [0.2, 0.25) is 5.91 Å². The Morgan fingerprint density at radius 2 is 1.89 bits per heavy atom. The van der Waals surface area contributed by atoms with Crippen LogP contribution in [0.4, 0.5) is 0 Å². The molecular formula is C13H13N3OS. The molecule has 0 fully saturated rings. The number of amides is 1. The van der Waals surface area contributed by atoms with Crippen molar-refractivity contribution in [2.75, 3.05) is 0 Å². The zero-order valence-corrected chi connectivity index (χ0v) is 10.7. The van der Waals surface area contributed by atoms with Crippen LogP contribution >= 0.6 is 11.8 Å². The number of hydrogen-bond donors (Lipinski definition) is 1. The third-order valence-corrected chi connectivity index (χ3v) is 3.45. The second kappa shape index (κ2) is 5.64. The third kappa shape index (κ3) is 3.07. The molecule has 92 valence electrons. The lowest BCUT2D eigenvalue weighted by Gasteiger charge is -2.05. The molecule has 1 atom stereocenters. The Balaban J connectivity index is 2.13. The van der Waals surface area contributed by atoms with Crippen molar-refractivity contribution in [1.29, 1.82) is 0 Å². The monoisotopic (exact) mass is 259 g/mol. The molecule has 0 aliphatic heterocycles. The summed E-state index contributed by atoms with van der Waals surface area (Å²) in [5, 5.41) is 8.61. The molecule has 1 aromatic heterocycles. The first-order chi connectivity index (χ1) is 8.66. The zero-order valence-electron chi connectivity index (χ0n) is 9.91. The number of aromatic nitrogens is 2. The van der Waals surface area contributed by atoms with E-state index in [4.69, 9.17) is 5.73 Å². The van der Waals surface area contributed by atoms with Gasteiger partial charge in [-0.2, -0.15) is 0 Å². The number of benzene rings is 1. The van der Waals surface area contributed by atoms with Crippen LogP contribution in [0.5, 0.6) is 0 Å². The average molecular weight is 259 g/mol. The van der Waals surface area contributed by atoms with Crippen LogP contribution in [0.2, 0.25) is 0 Å². The molecule has 0 aliphatic carbocycles. The Bertz CT molecular complexity index is 528. The maximum Gasteiger partial charge on any atom is 0.230 e. The second-order valence-corrected chi connectivity index (χ2v) is 5.15. The number of rotatable bonds is 4. The Kier molecular flexibility index (Phi) is 3.94. The summed E-state index contributed by atoms with van der Waals surface area (Å²) in [5.41, 5.74) is 7.03. The van der Waals surface area contributed by atoms with Gasteiger partial charge in [0.25, 0.3) is 0 Å². The molecule has 1 heterocycles. The van der Waals surface area contributed by atoms with E-state index >= 15 is 0 Å². The largest absolute Gasteiger partial charge is 0.369 e. The van der Waals surface area contributed by atoms with Gasteiger partial charge in [0.1, 0.15) is 5.03 Å². The average Bonchev–Trinajstić information content (AvgIpc) is 2.40. The highest BCUT2D eigenvalue weighted by molar-refractivity contribution is 8.00. The lowest BCUT2D eigenvalue weighted by molar-refractivity contribution is -0.117. The van der Waals surface area contributed by atoms with E-state index in [1.165, 1.54) is 11.8 Å². The molecule has 0 bridgehead atoms. The van der Waals surface area contributed by atoms with Crippen molar-refractivity contribution in [2.45, 2.75) is 17.2 Å². The van der Waals surface area contributed by atoms with Crippen LogP contribution in [0, 0.1) is 0 Å². The van der Waals surface area contributed by atoms with Gasteiger partial charge in [-0.05, 0) is 19.1 Å². The lowest BCUT2D eigenvalue weighted by atomic mass is 10.1. The molecule has 0 spiro atoms. The van der Waals surface area contributed by atoms with E-state index in [2.05, 4.69) is 10.2 Å². The van der Waals surface area contributed by atoms with Gasteiger partial charge in [0, 0.05) is 5.56 Å². The highest BCUT2D eigenvalue weighted by Crippen LogP contribution is 2.22. The highest BCUT2D eigenvalue weighted by atomic mass is 32.2. The van der Waals surface area contributed by atoms with E-state index in [0.29, 0.717) is 5.03 Å². The molecule has 5 heteroatoms. The van der Waals surface area contributed by atoms with Gasteiger partial charge >= 0.3 is 0 Å². The minimum atomic E-state index is -0.353. The minimum Gasteiger partial charge on any atom is -0.369 e. The summed E-state index contributed by atoms with van der Waals surface area (Å²) in [6, 6.07) is 13.5. The molecule has 0 radical (unpaired) electrons. The number of hydrogen-bond acceptors (Lipinski definition) is 4. The molecular weight excluding hydrogens is 246 g/mol. The van der Waals surface area contributed by atoms with Gasteiger partial charge in [-0.1, -0.05) is 42.1 Å². The van der Waals surface area contributed by atoms with E-state index in [9.17, 15) is 4.79 Å². The first kappa shape index (κ1) is 12.6. The summed E-state index contributed by atoms with van der Waals surface area (Å²) in [6.45, 7) is 1.75. The van der Waals surface area contributed by atoms with Crippen molar-refractivity contribution >= 4 is 17.7 Å². The molecule has 0 aliphatic rings. The Morgan fingerprint density at radius 3 is 2.44 bits per heavy atom. The highest BCUT2D eigenvalue weighted by Gasteiger charge is 2.11. The lowest BCUT2D eigenvalue weighted by Crippen LogP contribution is -2.22. The molecule has 0 unspecified atom stereocenters. The summed E-state index contributed by atoms with van der Waals surface area (Å²) in [5.74, 6) is -0.353. The molecule has 0 saturated heterocycles. The smallest absolute Gasteiger partial charge is 0.230 e. The molecule has 1 aromatic carbocycles. The van der Waals surface area contributed by atoms with Crippen LogP contribution in [-0.2, 0) is 4.79 Å². The molecule has 2 rings (SSSR count). The van der Waals surface area contributed by atoms with Crippen molar-refractivity contribution in [2.24, 2.45) is 5.73 Å². The Labute approximate surface area is 110 Å². The summed E-state index contributed by atoms with van der Waals surface area (Å²) in [4.78, 5) is 10.9. The fourth-order valence-corrected chi connectivity index (χ4v) is 2.10. The summed E-state index contributed by atoms with van der Waals surface area (Å²) >= 11 is 1.31. The molecule has 4 nitrogen and oxygen atoms in total. The topological polar surface area (TPSA) is 68.9 Å². The van der Waals surface area contributed by atoms with Crippen molar-refractivity contribution in [3.8, 4) is 11.3 Å². The van der Waals surface area contributed by atoms with Crippen LogP contribution < -0.4 is 5.73 Å². The summed E-state index contributed by atoms with van der Waals surface area (Å²) < 4.78 is 0. The number of carbonyl (C=O) groups is 1. The molecule has 2 N–H and O–H groups in total. The maximum atomic E-state index is 10.9. The van der Waals surface area contributed by atoms with E-state index < -0.39 is 0 Å². The first-order valence-electron chi connectivity index (χ1n) is 5.52. The van der Waals surface area contributed by atoms with Gasteiger partial charge in [0.05, 0.1) is 10.9 Å². The van der Waals surface area contributed by atoms with E-state index in [-0.39, 0.29) is 11.2 Å². The van der Waals surface area contributed by atoms with Crippen LogP contribution in [0.15, 0.2) is 47.5 Å². The minimum absolute atomic E-state index is 0.304. The number of thioether (sulfide) groups is 1. The standard InChI is InChI=1S/C13H13N3OS/c1-9(13(14)17)18-12-8-7-11(15-16-12)10-5-3-2-4-6-10/h2-9H,1H3,(H2,14,17)/t9-/m0/s1. The fraction of sp³-hybridized carbons (Fsp3) is 0.154. The van der Waals surface area contributed by atoms with Crippen LogP contribution in [0.25, 0.3) is 11.3 Å². The predicted octanol–water partition coefficient (Wildman–Crippen LogP) is 2.11. The number of carbonyl (C=O) groups excluding carboxylic acids is 1. The SMILES string of the molecule is C[C@H](Sc1ccc(-c2ccccc2)nn1)C(N)=O. The van der Waals surface area contributed by atoms with Gasteiger partial charge in [-0.3, -0.25) is 4.79 Å². The van der Waals surface area contributed by atoms with Gasteiger partial charge in [0.15, 0.2) is 0 Å². The Hall–Kier alpha value is -1.88. The van der Waals surface area contributed by atoms with E-state index in [1.807, 2.05) is 42.5 Å². The molecule has 18 heavy (non-hydrogen) atoms. The van der Waals surface area contributed by atoms with Gasteiger partial charge in [-0.25, -0.2) is 0 Å². The van der Waals surface area contributed by atoms with Crippen molar-refractivity contribution < 1.29 is 4.79 Å². The van der Waals surface area contributed by atoms with Crippen LogP contribution in [-0.4, -0.2) is 21.4 Å². The normalized spacial score (nSPS) is 12.1. The van der Waals surface area contributed by atoms with Crippen molar-refractivity contribution in [1.82, 2.24) is 10.2 Å². The summed E-state index contributed by atoms with van der Waals surface area (Å²) in [6.07, 6.45) is 0. The van der Waals surface area contributed by atoms with Gasteiger partial charge < -0.3 is 5.73 Å². The molecule has 0 saturated carbocycles. The van der Waals surface area contributed by atoms with E-state index in [0.717, 1.165) is 11.3 Å². The third-order valence-electron chi connectivity index (χ3n) is 2.41. The first-order valence-corrected chi connectivity index (χ1v) is 6.40. The fourth-order valence-electron chi connectivity index (χ4n) is 1.38. The second-order valence-electron chi connectivity index (χ2n) is 3.79. The summed E-state index contributed by atoms with van der Waals surface area (Å²) in [7, 11) is 0. The predicted molar refractivity (Wildman–Crippen MR) is 72.0 cm³/mol. The van der Waals surface area contributed by atoms with Gasteiger partial charge in [-0.15, -0.1) is 10.2 Å².